The molecule has 0 spiro atoms. The highest BCUT2D eigenvalue weighted by Crippen LogP contribution is 2.39. The summed E-state index contributed by atoms with van der Waals surface area (Å²) in [7, 11) is 0. The highest BCUT2D eigenvalue weighted by Gasteiger charge is 2.20. The molecule has 2 aromatic heterocycles. The number of aromatic nitrogens is 3. The first-order valence-electron chi connectivity index (χ1n) is 10.1. The van der Waals surface area contributed by atoms with Crippen molar-refractivity contribution in [2.45, 2.75) is 6.92 Å². The summed E-state index contributed by atoms with van der Waals surface area (Å²) in [6.07, 6.45) is 1.89. The molecule has 0 aliphatic carbocycles. The van der Waals surface area contributed by atoms with Crippen LogP contribution in [-0.4, -0.2) is 28.0 Å². The Morgan fingerprint density at radius 2 is 1.58 bits per heavy atom. The minimum absolute atomic E-state index is 0.535. The van der Waals surface area contributed by atoms with Gasteiger partial charge in [-0.2, -0.15) is 5.10 Å². The third kappa shape index (κ3) is 3.01. The standard InChI is InChI=1S/C25H18ClN3O2/c1-15-2-4-16(5-3-15)24-20-14-27-21-13-23-22(30-10-11-31-23)12-19(21)25(20)29(28-24)18-8-6-17(26)7-9-18/h2-9,12-14H,10-11H2,1H3. The van der Waals surface area contributed by atoms with Crippen molar-refractivity contribution in [3.05, 3.63) is 77.4 Å². The molecule has 5 nitrogen and oxygen atoms in total. The Hall–Kier alpha value is -3.57. The number of nitrogens with zero attached hydrogens (tertiary/aromatic N) is 3. The fourth-order valence-corrected chi connectivity index (χ4v) is 4.14. The lowest BCUT2D eigenvalue weighted by Gasteiger charge is -2.19. The molecule has 6 rings (SSSR count). The summed E-state index contributed by atoms with van der Waals surface area (Å²) in [5.41, 5.74) is 5.87. The van der Waals surface area contributed by atoms with E-state index in [1.807, 2.05) is 47.3 Å². The molecule has 6 heteroatoms. The maximum Gasteiger partial charge on any atom is 0.163 e. The lowest BCUT2D eigenvalue weighted by atomic mass is 10.1. The van der Waals surface area contributed by atoms with Gasteiger partial charge in [-0.3, -0.25) is 4.98 Å². The average molecular weight is 428 g/mol. The van der Waals surface area contributed by atoms with Gasteiger partial charge in [-0.25, -0.2) is 4.68 Å². The quantitative estimate of drug-likeness (QED) is 0.348. The van der Waals surface area contributed by atoms with Crippen LogP contribution >= 0.6 is 11.6 Å². The molecule has 0 saturated carbocycles. The molecule has 3 aromatic carbocycles. The van der Waals surface area contributed by atoms with Crippen LogP contribution in [0, 0.1) is 6.92 Å². The molecular weight excluding hydrogens is 410 g/mol. The van der Waals surface area contributed by atoms with Crippen LogP contribution in [0.25, 0.3) is 38.8 Å². The Morgan fingerprint density at radius 1 is 0.871 bits per heavy atom. The van der Waals surface area contributed by atoms with E-state index < -0.39 is 0 Å². The molecule has 0 radical (unpaired) electrons. The minimum Gasteiger partial charge on any atom is -0.486 e. The van der Waals surface area contributed by atoms with Gasteiger partial charge in [-0.1, -0.05) is 41.4 Å². The molecule has 0 bridgehead atoms. The predicted octanol–water partition coefficient (Wildman–Crippen LogP) is 5.97. The molecule has 0 N–H and O–H groups in total. The summed E-state index contributed by atoms with van der Waals surface area (Å²) >= 11 is 6.14. The maximum atomic E-state index is 6.14. The second kappa shape index (κ2) is 7.00. The molecule has 1 aliphatic heterocycles. The van der Waals surface area contributed by atoms with Crippen LogP contribution in [0.2, 0.25) is 5.02 Å². The lowest BCUT2D eigenvalue weighted by molar-refractivity contribution is 0.172. The van der Waals surface area contributed by atoms with E-state index in [4.69, 9.17) is 31.2 Å². The van der Waals surface area contributed by atoms with Gasteiger partial charge in [0, 0.05) is 33.6 Å². The van der Waals surface area contributed by atoms with Gasteiger partial charge in [0.2, 0.25) is 0 Å². The second-order valence-electron chi connectivity index (χ2n) is 7.64. The molecule has 152 valence electrons. The molecule has 0 unspecified atom stereocenters. The number of rotatable bonds is 2. The van der Waals surface area contributed by atoms with Crippen LogP contribution in [0.3, 0.4) is 0 Å². The first-order valence-corrected chi connectivity index (χ1v) is 10.5. The molecule has 3 heterocycles. The van der Waals surface area contributed by atoms with E-state index in [2.05, 4.69) is 31.2 Å². The number of hydrogen-bond donors (Lipinski definition) is 0. The number of benzene rings is 3. The van der Waals surface area contributed by atoms with Crippen LogP contribution in [-0.2, 0) is 0 Å². The van der Waals surface area contributed by atoms with Crippen molar-refractivity contribution < 1.29 is 9.47 Å². The van der Waals surface area contributed by atoms with Crippen molar-refractivity contribution in [2.75, 3.05) is 13.2 Å². The van der Waals surface area contributed by atoms with Gasteiger partial charge in [-0.15, -0.1) is 0 Å². The minimum atomic E-state index is 0.535. The Labute approximate surface area is 183 Å². The zero-order valence-electron chi connectivity index (χ0n) is 16.8. The van der Waals surface area contributed by atoms with Gasteiger partial charge >= 0.3 is 0 Å². The van der Waals surface area contributed by atoms with E-state index in [0.717, 1.165) is 50.2 Å². The number of fused-ring (bicyclic) bond motifs is 4. The summed E-state index contributed by atoms with van der Waals surface area (Å²) in [6.45, 7) is 3.16. The van der Waals surface area contributed by atoms with Gasteiger partial charge in [0.1, 0.15) is 18.9 Å². The Balaban J connectivity index is 1.70. The molecule has 0 fully saturated rings. The normalized spacial score (nSPS) is 13.1. The lowest BCUT2D eigenvalue weighted by Crippen LogP contribution is -2.15. The Bertz CT molecular complexity index is 1440. The van der Waals surface area contributed by atoms with Gasteiger partial charge in [0.05, 0.1) is 16.7 Å². The largest absolute Gasteiger partial charge is 0.486 e. The van der Waals surface area contributed by atoms with E-state index >= 15 is 0 Å². The average Bonchev–Trinajstić information content (AvgIpc) is 3.19. The fourth-order valence-electron chi connectivity index (χ4n) is 4.01. The monoisotopic (exact) mass is 427 g/mol. The van der Waals surface area contributed by atoms with Gasteiger partial charge in [0.15, 0.2) is 11.5 Å². The van der Waals surface area contributed by atoms with Crippen molar-refractivity contribution in [3.8, 4) is 28.4 Å². The van der Waals surface area contributed by atoms with E-state index in [1.54, 1.807) is 0 Å². The van der Waals surface area contributed by atoms with E-state index in [0.29, 0.717) is 18.2 Å². The van der Waals surface area contributed by atoms with Crippen LogP contribution in [0.5, 0.6) is 11.5 Å². The van der Waals surface area contributed by atoms with Gasteiger partial charge < -0.3 is 9.47 Å². The zero-order chi connectivity index (χ0) is 20.9. The highest BCUT2D eigenvalue weighted by molar-refractivity contribution is 6.30. The number of aryl methyl sites for hydroxylation is 1. The molecule has 0 saturated heterocycles. The number of pyridine rings is 1. The molecule has 31 heavy (non-hydrogen) atoms. The first kappa shape index (κ1) is 18.2. The fraction of sp³-hybridized carbons (Fsp3) is 0.120. The van der Waals surface area contributed by atoms with Crippen LogP contribution in [0.1, 0.15) is 5.56 Å². The van der Waals surface area contributed by atoms with Crippen LogP contribution < -0.4 is 9.47 Å². The van der Waals surface area contributed by atoms with E-state index in [-0.39, 0.29) is 0 Å². The summed E-state index contributed by atoms with van der Waals surface area (Å²) in [6, 6.07) is 20.0. The van der Waals surface area contributed by atoms with Crippen molar-refractivity contribution in [2.24, 2.45) is 0 Å². The second-order valence-corrected chi connectivity index (χ2v) is 8.07. The van der Waals surface area contributed by atoms with Crippen molar-refractivity contribution in [1.82, 2.24) is 14.8 Å². The smallest absolute Gasteiger partial charge is 0.163 e. The van der Waals surface area contributed by atoms with Crippen molar-refractivity contribution in [3.63, 3.8) is 0 Å². The zero-order valence-corrected chi connectivity index (χ0v) is 17.6. The molecule has 0 amide bonds. The summed E-state index contributed by atoms with van der Waals surface area (Å²) < 4.78 is 13.6. The topological polar surface area (TPSA) is 49.2 Å². The first-order chi connectivity index (χ1) is 15.2. The van der Waals surface area contributed by atoms with Gasteiger partial charge in [-0.05, 0) is 37.3 Å². The van der Waals surface area contributed by atoms with Crippen molar-refractivity contribution >= 4 is 33.4 Å². The molecule has 1 aliphatic rings. The third-order valence-electron chi connectivity index (χ3n) is 5.57. The molecule has 5 aromatic rings. The number of hydrogen-bond acceptors (Lipinski definition) is 4. The summed E-state index contributed by atoms with van der Waals surface area (Å²) in [5, 5.41) is 7.63. The highest BCUT2D eigenvalue weighted by atomic mass is 35.5. The Morgan fingerprint density at radius 3 is 2.32 bits per heavy atom. The predicted molar refractivity (Wildman–Crippen MR) is 123 cm³/mol. The SMILES string of the molecule is Cc1ccc(-c2nn(-c3ccc(Cl)cc3)c3c2cnc2cc4c(cc23)OCCO4)cc1. The van der Waals surface area contributed by atoms with E-state index in [9.17, 15) is 0 Å². The number of halogens is 1. The van der Waals surface area contributed by atoms with Crippen LogP contribution in [0.15, 0.2) is 66.9 Å². The van der Waals surface area contributed by atoms with Crippen LogP contribution in [0.4, 0.5) is 0 Å². The maximum absolute atomic E-state index is 6.14. The molecular formula is C25H18ClN3O2. The summed E-state index contributed by atoms with van der Waals surface area (Å²) in [4.78, 5) is 4.73. The van der Waals surface area contributed by atoms with Gasteiger partial charge in [0.25, 0.3) is 0 Å². The van der Waals surface area contributed by atoms with E-state index in [1.165, 1.54) is 5.56 Å². The third-order valence-corrected chi connectivity index (χ3v) is 5.82. The number of ether oxygens (including phenoxy) is 2. The Kier molecular flexibility index (Phi) is 4.11. The van der Waals surface area contributed by atoms with Crippen molar-refractivity contribution in [1.29, 1.82) is 0 Å². The molecule has 0 atom stereocenters. The summed E-state index contributed by atoms with van der Waals surface area (Å²) in [5.74, 6) is 1.45.